The molecule has 2 rings (SSSR count). The van der Waals surface area contributed by atoms with Gasteiger partial charge in [0.2, 0.25) is 0 Å². The first-order chi connectivity index (χ1) is 10.1. The molecule has 110 valence electrons. The van der Waals surface area contributed by atoms with E-state index in [9.17, 15) is 0 Å². The molecule has 0 aliphatic carbocycles. The van der Waals surface area contributed by atoms with E-state index >= 15 is 0 Å². The van der Waals surface area contributed by atoms with Gasteiger partial charge in [0.05, 0.1) is 0 Å². The van der Waals surface area contributed by atoms with E-state index in [1.807, 2.05) is 0 Å². The predicted molar refractivity (Wildman–Crippen MR) is 93.7 cm³/mol. The summed E-state index contributed by atoms with van der Waals surface area (Å²) in [6, 6.07) is 17.7. The van der Waals surface area contributed by atoms with Gasteiger partial charge in [0.15, 0.2) is 0 Å². The highest BCUT2D eigenvalue weighted by Crippen LogP contribution is 2.30. The minimum Gasteiger partial charge on any atom is -0.0995 e. The molecule has 1 atom stereocenters. The van der Waals surface area contributed by atoms with Gasteiger partial charge in [0.1, 0.15) is 0 Å². The van der Waals surface area contributed by atoms with Crippen LogP contribution in [0.15, 0.2) is 60.7 Å². The summed E-state index contributed by atoms with van der Waals surface area (Å²) in [6.07, 6.45) is 3.71. The van der Waals surface area contributed by atoms with Gasteiger partial charge in [-0.05, 0) is 37.0 Å². The van der Waals surface area contributed by atoms with Crippen LogP contribution in [0.25, 0.3) is 11.1 Å². The topological polar surface area (TPSA) is 0 Å². The van der Waals surface area contributed by atoms with Crippen LogP contribution in [-0.4, -0.2) is 0 Å². The van der Waals surface area contributed by atoms with Crippen LogP contribution in [0.2, 0.25) is 0 Å². The number of aryl methyl sites for hydroxylation is 1. The molecule has 2 aromatic carbocycles. The quantitative estimate of drug-likeness (QED) is 0.528. The Kier molecular flexibility index (Phi) is 5.38. The average Bonchev–Trinajstić information content (AvgIpc) is 2.49. The summed E-state index contributed by atoms with van der Waals surface area (Å²) in [6.45, 7) is 10.7. The van der Waals surface area contributed by atoms with Crippen molar-refractivity contribution >= 4 is 0 Å². The number of benzene rings is 2. The smallest absolute Gasteiger partial charge is 0.00427 e. The van der Waals surface area contributed by atoms with Gasteiger partial charge in [-0.1, -0.05) is 86.0 Å². The van der Waals surface area contributed by atoms with E-state index in [1.54, 1.807) is 0 Å². The Balaban J connectivity index is 2.20. The van der Waals surface area contributed by atoms with Crippen molar-refractivity contribution in [3.8, 4) is 11.1 Å². The molecule has 1 unspecified atom stereocenters. The summed E-state index contributed by atoms with van der Waals surface area (Å²) in [7, 11) is 0. The van der Waals surface area contributed by atoms with Gasteiger partial charge in [0, 0.05) is 5.92 Å². The van der Waals surface area contributed by atoms with Gasteiger partial charge >= 0.3 is 0 Å². The van der Waals surface area contributed by atoms with Crippen molar-refractivity contribution in [2.75, 3.05) is 0 Å². The lowest BCUT2D eigenvalue weighted by Crippen LogP contribution is -1.99. The van der Waals surface area contributed by atoms with Gasteiger partial charge in [-0.3, -0.25) is 0 Å². The van der Waals surface area contributed by atoms with Crippen molar-refractivity contribution in [2.24, 2.45) is 0 Å². The second-order valence-electron chi connectivity index (χ2n) is 6.03. The SMILES string of the molecule is C=C(C)C(CCCC)c1ccc(-c2ccc(C)cc2)cc1. The molecule has 0 spiro atoms. The Morgan fingerprint density at radius 3 is 1.95 bits per heavy atom. The van der Waals surface area contributed by atoms with Crippen LogP contribution in [0.4, 0.5) is 0 Å². The zero-order valence-corrected chi connectivity index (χ0v) is 13.5. The van der Waals surface area contributed by atoms with E-state index in [0.717, 1.165) is 0 Å². The van der Waals surface area contributed by atoms with Crippen LogP contribution in [0, 0.1) is 6.92 Å². The Labute approximate surface area is 129 Å². The van der Waals surface area contributed by atoms with Crippen molar-refractivity contribution in [1.29, 1.82) is 0 Å². The standard InChI is InChI=1S/C21H26/c1-5-6-7-21(16(2)3)20-14-12-19(13-15-20)18-10-8-17(4)9-11-18/h8-15,21H,2,5-7H2,1,3-4H3. The number of hydrogen-bond donors (Lipinski definition) is 0. The van der Waals surface area contributed by atoms with Gasteiger partial charge < -0.3 is 0 Å². The largest absolute Gasteiger partial charge is 0.0995 e. The van der Waals surface area contributed by atoms with Crippen LogP contribution in [0.5, 0.6) is 0 Å². The average molecular weight is 278 g/mol. The van der Waals surface area contributed by atoms with Crippen molar-refractivity contribution in [3.63, 3.8) is 0 Å². The number of allylic oxidation sites excluding steroid dienone is 1. The Hall–Kier alpha value is -1.82. The lowest BCUT2D eigenvalue weighted by Gasteiger charge is -2.17. The molecule has 0 heteroatoms. The fourth-order valence-electron chi connectivity index (χ4n) is 2.76. The van der Waals surface area contributed by atoms with Crippen LogP contribution >= 0.6 is 0 Å². The van der Waals surface area contributed by atoms with E-state index < -0.39 is 0 Å². The molecular formula is C21H26. The zero-order valence-electron chi connectivity index (χ0n) is 13.5. The Bertz CT molecular complexity index is 572. The van der Waals surface area contributed by atoms with Crippen molar-refractivity contribution in [1.82, 2.24) is 0 Å². The van der Waals surface area contributed by atoms with Gasteiger partial charge in [-0.2, -0.15) is 0 Å². The molecule has 0 amide bonds. The summed E-state index contributed by atoms with van der Waals surface area (Å²) in [5.41, 5.74) is 6.54. The van der Waals surface area contributed by atoms with Crippen LogP contribution < -0.4 is 0 Å². The molecule has 0 nitrogen and oxygen atoms in total. The minimum absolute atomic E-state index is 0.497. The van der Waals surface area contributed by atoms with E-state index in [2.05, 4.69) is 75.9 Å². The van der Waals surface area contributed by atoms with E-state index in [1.165, 1.54) is 47.1 Å². The maximum atomic E-state index is 4.18. The van der Waals surface area contributed by atoms with Gasteiger partial charge in [0.25, 0.3) is 0 Å². The van der Waals surface area contributed by atoms with Crippen molar-refractivity contribution in [3.05, 3.63) is 71.8 Å². The zero-order chi connectivity index (χ0) is 15.2. The molecule has 0 heterocycles. The minimum atomic E-state index is 0.497. The monoisotopic (exact) mass is 278 g/mol. The third-order valence-electron chi connectivity index (χ3n) is 4.14. The van der Waals surface area contributed by atoms with Crippen molar-refractivity contribution in [2.45, 2.75) is 46.0 Å². The normalized spacial score (nSPS) is 12.1. The number of hydrogen-bond acceptors (Lipinski definition) is 0. The molecule has 0 saturated heterocycles. The molecule has 0 aromatic heterocycles. The van der Waals surface area contributed by atoms with Crippen LogP contribution in [0.1, 0.15) is 50.2 Å². The van der Waals surface area contributed by atoms with Gasteiger partial charge in [-0.25, -0.2) is 0 Å². The molecular weight excluding hydrogens is 252 g/mol. The summed E-state index contributed by atoms with van der Waals surface area (Å²) >= 11 is 0. The molecule has 0 saturated carbocycles. The lowest BCUT2D eigenvalue weighted by molar-refractivity contribution is 0.643. The molecule has 0 radical (unpaired) electrons. The third kappa shape index (κ3) is 4.07. The molecule has 0 N–H and O–H groups in total. The summed E-state index contributed by atoms with van der Waals surface area (Å²) in [5, 5.41) is 0. The summed E-state index contributed by atoms with van der Waals surface area (Å²) < 4.78 is 0. The first-order valence-electron chi connectivity index (χ1n) is 7.94. The van der Waals surface area contributed by atoms with Gasteiger partial charge in [-0.15, -0.1) is 0 Å². The highest BCUT2D eigenvalue weighted by molar-refractivity contribution is 5.64. The molecule has 0 fully saturated rings. The van der Waals surface area contributed by atoms with E-state index in [-0.39, 0.29) is 0 Å². The molecule has 0 bridgehead atoms. The fraction of sp³-hybridized carbons (Fsp3) is 0.333. The maximum Gasteiger partial charge on any atom is 0.00427 e. The molecule has 0 aliphatic rings. The second-order valence-corrected chi connectivity index (χ2v) is 6.03. The summed E-state index contributed by atoms with van der Waals surface area (Å²) in [5.74, 6) is 0.497. The highest BCUT2D eigenvalue weighted by atomic mass is 14.2. The van der Waals surface area contributed by atoms with Crippen molar-refractivity contribution < 1.29 is 0 Å². The van der Waals surface area contributed by atoms with Crippen LogP contribution in [0.3, 0.4) is 0 Å². The van der Waals surface area contributed by atoms with E-state index in [0.29, 0.717) is 5.92 Å². The lowest BCUT2D eigenvalue weighted by atomic mass is 9.87. The number of unbranched alkanes of at least 4 members (excludes halogenated alkanes) is 1. The molecule has 2 aromatic rings. The Morgan fingerprint density at radius 1 is 0.952 bits per heavy atom. The van der Waals surface area contributed by atoms with E-state index in [4.69, 9.17) is 0 Å². The second kappa shape index (κ2) is 7.26. The fourth-order valence-corrected chi connectivity index (χ4v) is 2.76. The Morgan fingerprint density at radius 2 is 1.48 bits per heavy atom. The number of rotatable bonds is 6. The highest BCUT2D eigenvalue weighted by Gasteiger charge is 2.11. The first kappa shape index (κ1) is 15.6. The third-order valence-corrected chi connectivity index (χ3v) is 4.14. The summed E-state index contributed by atoms with van der Waals surface area (Å²) in [4.78, 5) is 0. The van der Waals surface area contributed by atoms with Crippen LogP contribution in [-0.2, 0) is 0 Å². The first-order valence-corrected chi connectivity index (χ1v) is 7.94. The maximum absolute atomic E-state index is 4.18. The molecule has 21 heavy (non-hydrogen) atoms. The predicted octanol–water partition coefficient (Wildman–Crippen LogP) is 6.51. The molecule has 0 aliphatic heterocycles.